The molecule has 1 aromatic heterocycles. The summed E-state index contributed by atoms with van der Waals surface area (Å²) in [6.45, 7) is 4.07. The van der Waals surface area contributed by atoms with Gasteiger partial charge in [0.2, 0.25) is 0 Å². The highest BCUT2D eigenvalue weighted by Gasteiger charge is 2.15. The molecule has 0 radical (unpaired) electrons. The maximum absolute atomic E-state index is 13.2. The fraction of sp³-hybridized carbons (Fsp3) is 0.333. The van der Waals surface area contributed by atoms with Gasteiger partial charge in [0.15, 0.2) is 18.1 Å². The fourth-order valence-electron chi connectivity index (χ4n) is 3.19. The van der Waals surface area contributed by atoms with Gasteiger partial charge in [0, 0.05) is 10.9 Å². The van der Waals surface area contributed by atoms with Gasteiger partial charge in [-0.25, -0.2) is 9.78 Å². The lowest BCUT2D eigenvalue weighted by Crippen LogP contribution is -2.22. The van der Waals surface area contributed by atoms with Crippen molar-refractivity contribution in [1.29, 1.82) is 0 Å². The lowest BCUT2D eigenvalue weighted by atomic mass is 10.2. The smallest absolute Gasteiger partial charge is 0.343 e. The first kappa shape index (κ1) is 25.9. The molecular formula is C24H25Br2N3O5. The van der Waals surface area contributed by atoms with Gasteiger partial charge in [-0.15, -0.1) is 0 Å². The number of carbonyl (C=O) groups excluding carboxylic acids is 1. The molecule has 1 heterocycles. The number of fused-ring (bicyclic) bond motifs is 1. The summed E-state index contributed by atoms with van der Waals surface area (Å²) in [7, 11) is 1.29. The number of benzene rings is 2. The number of rotatable bonds is 10. The monoisotopic (exact) mass is 593 g/mol. The third kappa shape index (κ3) is 6.24. The Bertz CT molecular complexity index is 1270. The maximum atomic E-state index is 13.2. The van der Waals surface area contributed by atoms with Crippen molar-refractivity contribution in [2.24, 2.45) is 5.10 Å². The van der Waals surface area contributed by atoms with Crippen LogP contribution in [0, 0.1) is 0 Å². The first-order chi connectivity index (χ1) is 16.4. The van der Waals surface area contributed by atoms with E-state index in [4.69, 9.17) is 9.47 Å². The van der Waals surface area contributed by atoms with Crippen molar-refractivity contribution in [1.82, 2.24) is 9.66 Å². The number of unbranched alkanes of at least 4 members (excludes halogenated alkanes) is 1. The number of aromatic nitrogens is 2. The third-order valence-electron chi connectivity index (χ3n) is 4.85. The van der Waals surface area contributed by atoms with Gasteiger partial charge >= 0.3 is 5.97 Å². The molecule has 0 aliphatic carbocycles. The molecule has 0 atom stereocenters. The summed E-state index contributed by atoms with van der Waals surface area (Å²) in [5.74, 6) is 0.901. The van der Waals surface area contributed by atoms with Crippen LogP contribution in [0.1, 0.15) is 38.1 Å². The highest BCUT2D eigenvalue weighted by atomic mass is 79.9. The van der Waals surface area contributed by atoms with E-state index in [2.05, 4.69) is 53.6 Å². The van der Waals surface area contributed by atoms with Crippen LogP contribution >= 0.6 is 31.9 Å². The minimum absolute atomic E-state index is 0.240. The number of esters is 1. The average Bonchev–Trinajstić information content (AvgIpc) is 2.82. The van der Waals surface area contributed by atoms with E-state index in [9.17, 15) is 9.59 Å². The van der Waals surface area contributed by atoms with E-state index >= 15 is 0 Å². The molecule has 0 aliphatic rings. The molecule has 0 spiro atoms. The number of methoxy groups -OCH3 is 1. The van der Waals surface area contributed by atoms with Crippen molar-refractivity contribution in [2.75, 3.05) is 20.3 Å². The summed E-state index contributed by atoms with van der Waals surface area (Å²) in [6.07, 6.45) is 4.05. The number of nitrogens with zero attached hydrogens (tertiary/aromatic N) is 3. The largest absolute Gasteiger partial charge is 0.490 e. The maximum Gasteiger partial charge on any atom is 0.343 e. The molecule has 2 aromatic carbocycles. The quantitative estimate of drug-likeness (QED) is 0.240. The van der Waals surface area contributed by atoms with Crippen molar-refractivity contribution in [2.45, 2.75) is 33.1 Å². The van der Waals surface area contributed by atoms with Crippen molar-refractivity contribution < 1.29 is 19.0 Å². The van der Waals surface area contributed by atoms with Crippen molar-refractivity contribution in [3.05, 3.63) is 61.0 Å². The van der Waals surface area contributed by atoms with Crippen LogP contribution in [0.5, 0.6) is 11.5 Å². The Morgan fingerprint density at radius 2 is 1.97 bits per heavy atom. The van der Waals surface area contributed by atoms with E-state index in [-0.39, 0.29) is 12.2 Å². The summed E-state index contributed by atoms with van der Waals surface area (Å²) in [4.78, 5) is 29.4. The van der Waals surface area contributed by atoms with E-state index in [0.717, 1.165) is 17.3 Å². The molecule has 3 aromatic rings. The number of ether oxygens (including phenoxy) is 3. The number of hydrogen-bond donors (Lipinski definition) is 0. The second-order valence-electron chi connectivity index (χ2n) is 7.28. The SMILES string of the molecule is CCCCc1nc2ccc(Br)cc2c(=O)n1N=Cc1cc(Br)c(OCC(=O)OC)c(OCC)c1. The second kappa shape index (κ2) is 12.1. The Morgan fingerprint density at radius 3 is 2.68 bits per heavy atom. The Kier molecular flexibility index (Phi) is 9.23. The zero-order valence-electron chi connectivity index (χ0n) is 19.1. The van der Waals surface area contributed by atoms with Crippen molar-refractivity contribution >= 4 is 54.9 Å². The Morgan fingerprint density at radius 1 is 1.18 bits per heavy atom. The highest BCUT2D eigenvalue weighted by Crippen LogP contribution is 2.36. The van der Waals surface area contributed by atoms with Gasteiger partial charge < -0.3 is 14.2 Å². The molecular weight excluding hydrogens is 570 g/mol. The molecule has 3 rings (SSSR count). The van der Waals surface area contributed by atoms with Crippen LogP contribution in [0.4, 0.5) is 0 Å². The predicted molar refractivity (Wildman–Crippen MR) is 138 cm³/mol. The number of aryl methyl sites for hydroxylation is 1. The van der Waals surface area contributed by atoms with Crippen LogP contribution in [0.25, 0.3) is 10.9 Å². The zero-order valence-corrected chi connectivity index (χ0v) is 22.3. The Hall–Kier alpha value is -2.72. The Labute approximate surface area is 214 Å². The summed E-state index contributed by atoms with van der Waals surface area (Å²) in [6, 6.07) is 8.93. The molecule has 0 saturated carbocycles. The first-order valence-electron chi connectivity index (χ1n) is 10.8. The molecule has 0 unspecified atom stereocenters. The van der Waals surface area contributed by atoms with Crippen LogP contribution in [-0.2, 0) is 16.0 Å². The van der Waals surface area contributed by atoms with Crippen molar-refractivity contribution in [3.63, 3.8) is 0 Å². The zero-order chi connectivity index (χ0) is 24.7. The molecule has 0 fully saturated rings. The Balaban J connectivity index is 2.03. The van der Waals surface area contributed by atoms with Crippen LogP contribution in [0.3, 0.4) is 0 Å². The molecule has 0 aliphatic heterocycles. The van der Waals surface area contributed by atoms with E-state index < -0.39 is 5.97 Å². The topological polar surface area (TPSA) is 92.0 Å². The van der Waals surface area contributed by atoms with Gasteiger partial charge in [-0.3, -0.25) is 4.79 Å². The molecule has 8 nitrogen and oxygen atoms in total. The van der Waals surface area contributed by atoms with Crippen LogP contribution in [0.2, 0.25) is 0 Å². The van der Waals surface area contributed by atoms with Gasteiger partial charge in [-0.2, -0.15) is 9.78 Å². The normalized spacial score (nSPS) is 11.2. The van der Waals surface area contributed by atoms with Gasteiger partial charge in [0.05, 0.1) is 35.3 Å². The van der Waals surface area contributed by atoms with Gasteiger partial charge in [0.1, 0.15) is 5.82 Å². The minimum Gasteiger partial charge on any atom is -0.490 e. The van der Waals surface area contributed by atoms with Gasteiger partial charge in [-0.05, 0) is 65.2 Å². The van der Waals surface area contributed by atoms with Gasteiger partial charge in [0.25, 0.3) is 5.56 Å². The lowest BCUT2D eigenvalue weighted by Gasteiger charge is -2.14. The second-order valence-corrected chi connectivity index (χ2v) is 9.05. The molecule has 0 bridgehead atoms. The van der Waals surface area contributed by atoms with Crippen LogP contribution in [0.15, 0.2) is 49.2 Å². The summed E-state index contributed by atoms with van der Waals surface area (Å²) >= 11 is 6.88. The minimum atomic E-state index is -0.505. The van der Waals surface area contributed by atoms with Crippen molar-refractivity contribution in [3.8, 4) is 11.5 Å². The molecule has 0 saturated heterocycles. The molecule has 34 heavy (non-hydrogen) atoms. The molecule has 0 amide bonds. The van der Waals surface area contributed by atoms with E-state index in [1.54, 1.807) is 24.4 Å². The summed E-state index contributed by atoms with van der Waals surface area (Å²) < 4.78 is 18.6. The van der Waals surface area contributed by atoms with Crippen LogP contribution < -0.4 is 15.0 Å². The fourth-order valence-corrected chi connectivity index (χ4v) is 4.13. The molecule has 10 heteroatoms. The van der Waals surface area contributed by atoms with E-state index in [1.807, 2.05) is 19.1 Å². The third-order valence-corrected chi connectivity index (χ3v) is 5.93. The van der Waals surface area contributed by atoms with Crippen LogP contribution in [-0.4, -0.2) is 42.2 Å². The number of halogens is 2. The number of hydrogen-bond acceptors (Lipinski definition) is 7. The van der Waals surface area contributed by atoms with E-state index in [1.165, 1.54) is 11.8 Å². The highest BCUT2D eigenvalue weighted by molar-refractivity contribution is 9.10. The standard InChI is InChI=1S/C24H25Br2N3O5/c1-4-6-7-21-28-19-9-8-16(25)12-17(19)24(31)29(21)27-13-15-10-18(26)23(20(11-15)33-5-2)34-14-22(30)32-3/h8-13H,4-7,14H2,1-3H3. The van der Waals surface area contributed by atoms with Gasteiger partial charge in [-0.1, -0.05) is 29.3 Å². The first-order valence-corrected chi connectivity index (χ1v) is 12.4. The molecule has 0 N–H and O–H groups in total. The lowest BCUT2D eigenvalue weighted by molar-refractivity contribution is -0.142. The predicted octanol–water partition coefficient (Wildman–Crippen LogP) is 5.10. The number of carbonyl (C=O) groups is 1. The summed E-state index contributed by atoms with van der Waals surface area (Å²) in [5.41, 5.74) is 1.07. The molecule has 180 valence electrons. The van der Waals surface area contributed by atoms with E-state index in [0.29, 0.717) is 51.3 Å². The summed E-state index contributed by atoms with van der Waals surface area (Å²) in [5, 5.41) is 4.96. The average molecular weight is 595 g/mol.